The molecule has 0 atom stereocenters. The van der Waals surface area contributed by atoms with E-state index < -0.39 is 0 Å². The lowest BCUT2D eigenvalue weighted by Gasteiger charge is -2.25. The molecule has 2 amide bonds. The summed E-state index contributed by atoms with van der Waals surface area (Å²) in [5, 5.41) is 6.48. The quantitative estimate of drug-likeness (QED) is 0.592. The fourth-order valence-electron chi connectivity index (χ4n) is 2.25. The molecule has 0 aliphatic carbocycles. The Morgan fingerprint density at radius 3 is 1.55 bits per heavy atom. The van der Waals surface area contributed by atoms with E-state index in [9.17, 15) is 9.59 Å². The highest BCUT2D eigenvalue weighted by atomic mass is 35.5. The summed E-state index contributed by atoms with van der Waals surface area (Å²) in [4.78, 5) is 24.0. The van der Waals surface area contributed by atoms with Gasteiger partial charge in [-0.1, -0.05) is 61.3 Å². The second kappa shape index (κ2) is 10.9. The van der Waals surface area contributed by atoms with Crippen molar-refractivity contribution in [1.82, 2.24) is 10.6 Å². The molecule has 6 nitrogen and oxygen atoms in total. The lowest BCUT2D eigenvalue weighted by atomic mass is 9.93. The van der Waals surface area contributed by atoms with Crippen molar-refractivity contribution in [3.05, 3.63) is 58.6 Å². The van der Waals surface area contributed by atoms with E-state index in [1.165, 1.54) is 0 Å². The third-order valence-corrected chi connectivity index (χ3v) is 4.54. The zero-order chi connectivity index (χ0) is 21.3. The molecule has 0 aliphatic heterocycles. The predicted octanol–water partition coefficient (Wildman–Crippen LogP) is 3.71. The fraction of sp³-hybridized carbons (Fsp3) is 0.333. The molecule has 0 radical (unpaired) electrons. The highest BCUT2D eigenvalue weighted by Crippen LogP contribution is 2.23. The summed E-state index contributed by atoms with van der Waals surface area (Å²) in [6, 6.07) is 13.9. The molecule has 29 heavy (non-hydrogen) atoms. The zero-order valence-corrected chi connectivity index (χ0v) is 17.8. The van der Waals surface area contributed by atoms with Crippen molar-refractivity contribution in [2.75, 3.05) is 26.3 Å². The summed E-state index contributed by atoms with van der Waals surface area (Å²) in [6.45, 7) is 4.30. The number of rotatable bonds is 10. The van der Waals surface area contributed by atoms with Gasteiger partial charge in [-0.25, -0.2) is 0 Å². The highest BCUT2D eigenvalue weighted by Gasteiger charge is 2.20. The van der Waals surface area contributed by atoms with E-state index in [4.69, 9.17) is 32.7 Å². The zero-order valence-electron chi connectivity index (χ0n) is 16.3. The van der Waals surface area contributed by atoms with Gasteiger partial charge in [-0.05, 0) is 29.7 Å². The number of hydrogen-bond acceptors (Lipinski definition) is 4. The van der Waals surface area contributed by atoms with Gasteiger partial charge in [0.2, 0.25) is 0 Å². The number of nitrogens with one attached hydrogen (secondary N) is 2. The van der Waals surface area contributed by atoms with Crippen LogP contribution in [0.3, 0.4) is 0 Å². The van der Waals surface area contributed by atoms with E-state index >= 15 is 0 Å². The third kappa shape index (κ3) is 8.21. The van der Waals surface area contributed by atoms with Crippen molar-refractivity contribution in [2.45, 2.75) is 13.8 Å². The number of ether oxygens (including phenoxy) is 2. The molecule has 156 valence electrons. The van der Waals surface area contributed by atoms with Crippen LogP contribution in [0.4, 0.5) is 0 Å². The molecular formula is C21H24Cl2N2O4. The molecule has 0 unspecified atom stereocenters. The molecule has 0 aromatic heterocycles. The molecule has 0 aliphatic rings. The van der Waals surface area contributed by atoms with Gasteiger partial charge in [0.15, 0.2) is 13.2 Å². The van der Waals surface area contributed by atoms with Crippen LogP contribution in [0.15, 0.2) is 48.5 Å². The smallest absolute Gasteiger partial charge is 0.257 e. The predicted molar refractivity (Wildman–Crippen MR) is 114 cm³/mol. The number of halogens is 2. The van der Waals surface area contributed by atoms with Crippen LogP contribution in [0.2, 0.25) is 10.0 Å². The number of carbonyl (C=O) groups excluding carboxylic acids is 2. The van der Waals surface area contributed by atoms with E-state index in [-0.39, 0.29) is 30.4 Å². The fourth-order valence-corrected chi connectivity index (χ4v) is 2.63. The first kappa shape index (κ1) is 22.8. The van der Waals surface area contributed by atoms with E-state index in [0.29, 0.717) is 34.6 Å². The molecule has 0 bridgehead atoms. The van der Waals surface area contributed by atoms with Gasteiger partial charge in [0.25, 0.3) is 11.8 Å². The van der Waals surface area contributed by atoms with Gasteiger partial charge in [0, 0.05) is 13.1 Å². The van der Waals surface area contributed by atoms with E-state index in [0.717, 1.165) is 0 Å². The topological polar surface area (TPSA) is 76.7 Å². The maximum atomic E-state index is 12.0. The summed E-state index contributed by atoms with van der Waals surface area (Å²) in [7, 11) is 0. The molecular weight excluding hydrogens is 415 g/mol. The van der Waals surface area contributed by atoms with Crippen LogP contribution in [-0.2, 0) is 9.59 Å². The van der Waals surface area contributed by atoms with Gasteiger partial charge >= 0.3 is 0 Å². The average molecular weight is 439 g/mol. The maximum absolute atomic E-state index is 12.0. The Morgan fingerprint density at radius 1 is 0.793 bits per heavy atom. The van der Waals surface area contributed by atoms with E-state index in [1.54, 1.807) is 48.5 Å². The molecule has 2 N–H and O–H groups in total. The molecule has 0 spiro atoms. The van der Waals surface area contributed by atoms with Crippen LogP contribution in [0, 0.1) is 5.41 Å². The number of amides is 2. The third-order valence-electron chi connectivity index (χ3n) is 3.92. The Balaban J connectivity index is 1.68. The monoisotopic (exact) mass is 438 g/mol. The van der Waals surface area contributed by atoms with Gasteiger partial charge < -0.3 is 20.1 Å². The summed E-state index contributed by atoms with van der Waals surface area (Å²) in [6.07, 6.45) is 0. The van der Waals surface area contributed by atoms with Crippen molar-refractivity contribution < 1.29 is 19.1 Å². The number of para-hydroxylation sites is 2. The largest absolute Gasteiger partial charge is 0.482 e. The van der Waals surface area contributed by atoms with Crippen LogP contribution in [-0.4, -0.2) is 38.1 Å². The Hall–Kier alpha value is -2.44. The van der Waals surface area contributed by atoms with Gasteiger partial charge in [0.05, 0.1) is 10.0 Å². The van der Waals surface area contributed by atoms with Crippen LogP contribution in [0.25, 0.3) is 0 Å². The summed E-state index contributed by atoms with van der Waals surface area (Å²) in [5.74, 6) is 0.362. The van der Waals surface area contributed by atoms with Crippen LogP contribution in [0.1, 0.15) is 13.8 Å². The molecule has 8 heteroatoms. The minimum absolute atomic E-state index is 0.141. The Labute approximate surface area is 180 Å². The van der Waals surface area contributed by atoms with E-state index in [1.807, 2.05) is 13.8 Å². The Morgan fingerprint density at radius 2 is 1.17 bits per heavy atom. The summed E-state index contributed by atoms with van der Waals surface area (Å²) in [5.41, 5.74) is -0.361. The molecule has 2 rings (SSSR count). The van der Waals surface area contributed by atoms with Crippen molar-refractivity contribution in [3.63, 3.8) is 0 Å². The van der Waals surface area contributed by atoms with Crippen LogP contribution >= 0.6 is 23.2 Å². The van der Waals surface area contributed by atoms with Gasteiger partial charge in [-0.2, -0.15) is 0 Å². The molecule has 0 fully saturated rings. The number of benzene rings is 2. The second-order valence-corrected chi connectivity index (χ2v) is 7.97. The average Bonchev–Trinajstić information content (AvgIpc) is 2.70. The van der Waals surface area contributed by atoms with Crippen molar-refractivity contribution in [3.8, 4) is 11.5 Å². The first-order valence-electron chi connectivity index (χ1n) is 9.05. The van der Waals surface area contributed by atoms with Crippen LogP contribution < -0.4 is 20.1 Å². The van der Waals surface area contributed by atoms with Gasteiger partial charge in [0.1, 0.15) is 11.5 Å². The molecule has 2 aromatic rings. The number of hydrogen-bond donors (Lipinski definition) is 2. The Bertz CT molecular complexity index is 775. The summed E-state index contributed by atoms with van der Waals surface area (Å²) >= 11 is 12.0. The number of carbonyl (C=O) groups is 2. The minimum atomic E-state index is -0.361. The van der Waals surface area contributed by atoms with Crippen molar-refractivity contribution >= 4 is 35.0 Å². The van der Waals surface area contributed by atoms with Gasteiger partial charge in [-0.3, -0.25) is 9.59 Å². The standard InChI is InChI=1S/C21H24Cl2N2O4/c1-21(2,13-24-19(26)11-28-17-9-5-3-7-15(17)22)14-25-20(27)12-29-18-10-6-4-8-16(18)23/h3-10H,11-14H2,1-2H3,(H,24,26)(H,25,27). The Kier molecular flexibility index (Phi) is 8.61. The van der Waals surface area contributed by atoms with Crippen molar-refractivity contribution in [2.24, 2.45) is 5.41 Å². The van der Waals surface area contributed by atoms with E-state index in [2.05, 4.69) is 10.6 Å². The lowest BCUT2D eigenvalue weighted by Crippen LogP contribution is -2.44. The SMILES string of the molecule is CC(C)(CNC(=O)COc1ccccc1Cl)CNC(=O)COc1ccccc1Cl. The second-order valence-electron chi connectivity index (χ2n) is 7.16. The minimum Gasteiger partial charge on any atom is -0.482 e. The summed E-state index contributed by atoms with van der Waals surface area (Å²) < 4.78 is 10.8. The molecule has 0 heterocycles. The van der Waals surface area contributed by atoms with Crippen molar-refractivity contribution in [1.29, 1.82) is 0 Å². The lowest BCUT2D eigenvalue weighted by molar-refractivity contribution is -0.123. The van der Waals surface area contributed by atoms with Crippen LogP contribution in [0.5, 0.6) is 11.5 Å². The maximum Gasteiger partial charge on any atom is 0.257 e. The van der Waals surface area contributed by atoms with Gasteiger partial charge in [-0.15, -0.1) is 0 Å². The molecule has 0 saturated carbocycles. The molecule has 2 aromatic carbocycles. The normalized spacial score (nSPS) is 10.9. The first-order chi connectivity index (χ1) is 13.8. The first-order valence-corrected chi connectivity index (χ1v) is 9.80. The highest BCUT2D eigenvalue weighted by molar-refractivity contribution is 6.32. The molecule has 0 saturated heterocycles.